The van der Waals surface area contributed by atoms with E-state index in [0.29, 0.717) is 0 Å². The number of nitrogens with one attached hydrogen (secondary N) is 2. The van der Waals surface area contributed by atoms with Gasteiger partial charge in [-0.1, -0.05) is 42.5 Å². The van der Waals surface area contributed by atoms with Gasteiger partial charge in [-0.25, -0.2) is 0 Å². The Labute approximate surface area is 134 Å². The van der Waals surface area contributed by atoms with Crippen LogP contribution in [-0.4, -0.2) is 16.5 Å². The highest BCUT2D eigenvalue weighted by Crippen LogP contribution is 2.33. The molecule has 0 bridgehead atoms. The summed E-state index contributed by atoms with van der Waals surface area (Å²) >= 11 is 0. The number of fused-ring (bicyclic) bond motifs is 4. The predicted molar refractivity (Wildman–Crippen MR) is 93.6 cm³/mol. The Morgan fingerprint density at radius 3 is 2.78 bits per heavy atom. The van der Waals surface area contributed by atoms with Gasteiger partial charge in [0.15, 0.2) is 0 Å². The molecule has 4 aromatic rings. The van der Waals surface area contributed by atoms with E-state index in [9.17, 15) is 0 Å². The summed E-state index contributed by atoms with van der Waals surface area (Å²) in [6.07, 6.45) is 1.06. The van der Waals surface area contributed by atoms with Crippen LogP contribution in [0.1, 0.15) is 23.0 Å². The van der Waals surface area contributed by atoms with Gasteiger partial charge in [0, 0.05) is 28.5 Å². The largest absolute Gasteiger partial charge is 0.357 e. The molecule has 1 aliphatic heterocycles. The molecule has 2 aromatic heterocycles. The molecule has 112 valence electrons. The maximum absolute atomic E-state index is 4.89. The highest BCUT2D eigenvalue weighted by molar-refractivity contribution is 5.85. The van der Waals surface area contributed by atoms with Crippen molar-refractivity contribution >= 4 is 21.8 Å². The van der Waals surface area contributed by atoms with Crippen molar-refractivity contribution in [2.75, 3.05) is 6.54 Å². The second kappa shape index (κ2) is 4.93. The van der Waals surface area contributed by atoms with Crippen LogP contribution >= 0.6 is 0 Å². The Balaban J connectivity index is 1.69. The molecule has 0 spiro atoms. The van der Waals surface area contributed by atoms with E-state index >= 15 is 0 Å². The Kier molecular flexibility index (Phi) is 2.76. The molecule has 1 atom stereocenters. The predicted octanol–water partition coefficient (Wildman–Crippen LogP) is 3.95. The molecule has 0 saturated carbocycles. The lowest BCUT2D eigenvalue weighted by Gasteiger charge is -2.24. The first-order chi connectivity index (χ1) is 11.4. The third-order valence-corrected chi connectivity index (χ3v) is 4.77. The van der Waals surface area contributed by atoms with Crippen molar-refractivity contribution in [1.29, 1.82) is 0 Å². The van der Waals surface area contributed by atoms with Crippen molar-refractivity contribution in [2.24, 2.45) is 0 Å². The standard InChI is InChI=1S/C20H17N3/c1-3-7-16-13(5-1)9-10-18(22-16)20-19-15(11-12-21-20)14-6-2-4-8-17(14)23-19/h1-10,20-21,23H,11-12H2. The SMILES string of the molecule is c1ccc2nc(C3NCCc4c3[nH]c3ccccc43)ccc2c1. The second-order valence-corrected chi connectivity index (χ2v) is 6.13. The van der Waals surface area contributed by atoms with E-state index in [1.54, 1.807) is 0 Å². The van der Waals surface area contributed by atoms with Crippen LogP contribution in [0.25, 0.3) is 21.8 Å². The molecule has 3 heteroatoms. The number of aromatic nitrogens is 2. The Morgan fingerprint density at radius 1 is 0.913 bits per heavy atom. The minimum Gasteiger partial charge on any atom is -0.357 e. The van der Waals surface area contributed by atoms with E-state index < -0.39 is 0 Å². The van der Waals surface area contributed by atoms with Crippen LogP contribution in [-0.2, 0) is 6.42 Å². The number of pyridine rings is 1. The normalized spacial score (nSPS) is 17.5. The number of hydrogen-bond acceptors (Lipinski definition) is 2. The van der Waals surface area contributed by atoms with E-state index in [2.05, 4.69) is 64.9 Å². The third-order valence-electron chi connectivity index (χ3n) is 4.77. The van der Waals surface area contributed by atoms with E-state index in [0.717, 1.165) is 24.2 Å². The van der Waals surface area contributed by atoms with Gasteiger partial charge in [-0.15, -0.1) is 0 Å². The van der Waals surface area contributed by atoms with Gasteiger partial charge in [0.1, 0.15) is 0 Å². The number of para-hydroxylation sites is 2. The quantitative estimate of drug-likeness (QED) is 0.559. The molecule has 2 aromatic carbocycles. The summed E-state index contributed by atoms with van der Waals surface area (Å²) in [7, 11) is 0. The molecule has 2 N–H and O–H groups in total. The van der Waals surface area contributed by atoms with Crippen LogP contribution in [0.4, 0.5) is 0 Å². The fourth-order valence-electron chi connectivity index (χ4n) is 3.68. The number of hydrogen-bond donors (Lipinski definition) is 2. The van der Waals surface area contributed by atoms with Gasteiger partial charge in [0.05, 0.1) is 17.3 Å². The van der Waals surface area contributed by atoms with Gasteiger partial charge >= 0.3 is 0 Å². The lowest BCUT2D eigenvalue weighted by molar-refractivity contribution is 0.551. The highest BCUT2D eigenvalue weighted by atomic mass is 15.0. The fourth-order valence-corrected chi connectivity index (χ4v) is 3.68. The van der Waals surface area contributed by atoms with Crippen LogP contribution < -0.4 is 5.32 Å². The molecule has 1 aliphatic rings. The zero-order valence-corrected chi connectivity index (χ0v) is 12.7. The monoisotopic (exact) mass is 299 g/mol. The molecule has 0 radical (unpaired) electrons. The van der Waals surface area contributed by atoms with E-state index in [1.807, 2.05) is 6.07 Å². The molecule has 5 rings (SSSR count). The third kappa shape index (κ3) is 1.97. The maximum Gasteiger partial charge on any atom is 0.0906 e. The summed E-state index contributed by atoms with van der Waals surface area (Å²) in [5, 5.41) is 6.15. The molecule has 0 fully saturated rings. The van der Waals surface area contributed by atoms with Gasteiger partial charge in [0.25, 0.3) is 0 Å². The van der Waals surface area contributed by atoms with Gasteiger partial charge in [0.2, 0.25) is 0 Å². The summed E-state index contributed by atoms with van der Waals surface area (Å²) in [4.78, 5) is 8.50. The number of benzene rings is 2. The molecule has 1 unspecified atom stereocenters. The van der Waals surface area contributed by atoms with E-state index in [1.165, 1.54) is 27.5 Å². The lowest BCUT2D eigenvalue weighted by Crippen LogP contribution is -2.31. The summed E-state index contributed by atoms with van der Waals surface area (Å²) in [6.45, 7) is 0.980. The minimum absolute atomic E-state index is 0.135. The summed E-state index contributed by atoms with van der Waals surface area (Å²) in [5.41, 5.74) is 6.04. The highest BCUT2D eigenvalue weighted by Gasteiger charge is 2.25. The molecule has 3 nitrogen and oxygen atoms in total. The Bertz CT molecular complexity index is 1020. The van der Waals surface area contributed by atoms with E-state index in [4.69, 9.17) is 4.98 Å². The minimum atomic E-state index is 0.135. The van der Waals surface area contributed by atoms with Crippen LogP contribution in [0.3, 0.4) is 0 Å². The average molecular weight is 299 g/mol. The fraction of sp³-hybridized carbons (Fsp3) is 0.150. The lowest BCUT2D eigenvalue weighted by atomic mass is 9.97. The smallest absolute Gasteiger partial charge is 0.0906 e. The summed E-state index contributed by atoms with van der Waals surface area (Å²) in [5.74, 6) is 0. The van der Waals surface area contributed by atoms with Crippen molar-refractivity contribution in [2.45, 2.75) is 12.5 Å². The first-order valence-corrected chi connectivity index (χ1v) is 8.09. The summed E-state index contributed by atoms with van der Waals surface area (Å²) in [6, 6.07) is 21.3. The number of aromatic amines is 1. The zero-order chi connectivity index (χ0) is 15.2. The van der Waals surface area contributed by atoms with Crippen LogP contribution in [0, 0.1) is 0 Å². The van der Waals surface area contributed by atoms with Crippen molar-refractivity contribution in [3.63, 3.8) is 0 Å². The average Bonchev–Trinajstić information content (AvgIpc) is 3.00. The van der Waals surface area contributed by atoms with Crippen LogP contribution in [0.15, 0.2) is 60.7 Å². The number of rotatable bonds is 1. The molecule has 3 heterocycles. The Morgan fingerprint density at radius 2 is 1.78 bits per heavy atom. The van der Waals surface area contributed by atoms with Gasteiger partial charge in [-0.05, 0) is 30.2 Å². The van der Waals surface area contributed by atoms with Crippen molar-refractivity contribution in [1.82, 2.24) is 15.3 Å². The number of nitrogens with zero attached hydrogens (tertiary/aromatic N) is 1. The van der Waals surface area contributed by atoms with Crippen molar-refractivity contribution < 1.29 is 0 Å². The number of H-pyrrole nitrogens is 1. The molecule has 0 amide bonds. The molecule has 0 aliphatic carbocycles. The molecule has 0 saturated heterocycles. The second-order valence-electron chi connectivity index (χ2n) is 6.13. The molecular weight excluding hydrogens is 282 g/mol. The van der Waals surface area contributed by atoms with Crippen LogP contribution in [0.5, 0.6) is 0 Å². The van der Waals surface area contributed by atoms with Crippen molar-refractivity contribution in [3.8, 4) is 0 Å². The maximum atomic E-state index is 4.89. The summed E-state index contributed by atoms with van der Waals surface area (Å²) < 4.78 is 0. The van der Waals surface area contributed by atoms with E-state index in [-0.39, 0.29) is 6.04 Å². The molecule has 23 heavy (non-hydrogen) atoms. The first kappa shape index (κ1) is 12.9. The molecular formula is C20H17N3. The Hall–Kier alpha value is -2.65. The van der Waals surface area contributed by atoms with Gasteiger partial charge in [-0.3, -0.25) is 4.98 Å². The first-order valence-electron chi connectivity index (χ1n) is 8.09. The topological polar surface area (TPSA) is 40.7 Å². The van der Waals surface area contributed by atoms with Crippen LogP contribution in [0.2, 0.25) is 0 Å². The van der Waals surface area contributed by atoms with Gasteiger partial charge < -0.3 is 10.3 Å². The zero-order valence-electron chi connectivity index (χ0n) is 12.7. The van der Waals surface area contributed by atoms with Gasteiger partial charge in [-0.2, -0.15) is 0 Å². The van der Waals surface area contributed by atoms with Crippen molar-refractivity contribution in [3.05, 3.63) is 77.6 Å².